The molecular weight excluding hydrogens is 326 g/mol. The van der Waals surface area contributed by atoms with Crippen LogP contribution in [0.4, 0.5) is 0 Å². The topological polar surface area (TPSA) is 87.1 Å². The van der Waals surface area contributed by atoms with E-state index in [1.54, 1.807) is 24.7 Å². The number of hydrogen-bond donors (Lipinski definition) is 2. The van der Waals surface area contributed by atoms with Crippen LogP contribution < -0.4 is 5.84 Å². The van der Waals surface area contributed by atoms with Crippen LogP contribution in [0.25, 0.3) is 0 Å². The van der Waals surface area contributed by atoms with E-state index in [1.807, 2.05) is 24.3 Å². The maximum absolute atomic E-state index is 9.65. The van der Waals surface area contributed by atoms with Crippen molar-refractivity contribution in [3.8, 4) is 5.75 Å². The molecule has 0 bridgehead atoms. The van der Waals surface area contributed by atoms with E-state index >= 15 is 0 Å². The number of phenols is 1. The van der Waals surface area contributed by atoms with Crippen molar-refractivity contribution in [1.82, 2.24) is 9.88 Å². The van der Waals surface area contributed by atoms with Crippen LogP contribution in [-0.2, 0) is 6.54 Å². The van der Waals surface area contributed by atoms with Crippen molar-refractivity contribution >= 4 is 11.9 Å². The molecule has 3 rings (SSSR count). The fourth-order valence-electron chi connectivity index (χ4n) is 3.29. The fraction of sp³-hybridized carbons (Fsp3) is 0.350. The second-order valence-electron chi connectivity index (χ2n) is 6.59. The van der Waals surface area contributed by atoms with Crippen LogP contribution in [0.2, 0.25) is 0 Å². The number of hydrogen-bond acceptors (Lipinski definition) is 6. The molecule has 2 heterocycles. The minimum Gasteiger partial charge on any atom is -0.508 e. The number of piperidine rings is 1. The second kappa shape index (κ2) is 9.10. The molecule has 6 nitrogen and oxygen atoms in total. The summed E-state index contributed by atoms with van der Waals surface area (Å²) in [5.41, 5.74) is 3.12. The van der Waals surface area contributed by atoms with Crippen LogP contribution in [0, 0.1) is 0 Å². The van der Waals surface area contributed by atoms with Gasteiger partial charge in [-0.2, -0.15) is 5.10 Å². The zero-order valence-electron chi connectivity index (χ0n) is 14.8. The van der Waals surface area contributed by atoms with Gasteiger partial charge in [-0.05, 0) is 67.2 Å². The first-order chi connectivity index (χ1) is 12.7. The zero-order chi connectivity index (χ0) is 18.2. The van der Waals surface area contributed by atoms with E-state index in [0.29, 0.717) is 24.8 Å². The molecule has 0 saturated carbocycles. The van der Waals surface area contributed by atoms with Gasteiger partial charge in [0.05, 0.1) is 12.3 Å². The Morgan fingerprint density at radius 2 is 2.00 bits per heavy atom. The number of aliphatic imine (C=N–C) groups is 1. The van der Waals surface area contributed by atoms with Gasteiger partial charge in [0.2, 0.25) is 0 Å². The van der Waals surface area contributed by atoms with E-state index in [0.717, 1.165) is 37.2 Å². The van der Waals surface area contributed by atoms with Crippen molar-refractivity contribution in [1.29, 1.82) is 0 Å². The van der Waals surface area contributed by atoms with Crippen LogP contribution in [0.1, 0.15) is 29.9 Å². The molecule has 0 spiro atoms. The minimum absolute atomic E-state index is 0.341. The lowest BCUT2D eigenvalue weighted by Gasteiger charge is -2.32. The largest absolute Gasteiger partial charge is 0.508 e. The average molecular weight is 351 g/mol. The second-order valence-corrected chi connectivity index (χ2v) is 6.59. The molecule has 1 aromatic carbocycles. The molecule has 0 aliphatic carbocycles. The number of pyridine rings is 1. The lowest BCUT2D eigenvalue weighted by molar-refractivity contribution is 0.239. The molecule has 1 saturated heterocycles. The van der Waals surface area contributed by atoms with Crippen LogP contribution in [0.3, 0.4) is 0 Å². The van der Waals surface area contributed by atoms with Crippen molar-refractivity contribution in [2.45, 2.75) is 25.3 Å². The number of rotatable bonds is 6. The maximum atomic E-state index is 9.65. The van der Waals surface area contributed by atoms with Gasteiger partial charge < -0.3 is 10.9 Å². The lowest BCUT2D eigenvalue weighted by atomic mass is 9.89. The number of hydrazone groups is 1. The van der Waals surface area contributed by atoms with Gasteiger partial charge in [0.15, 0.2) is 0 Å². The number of likely N-dealkylation sites (tertiary alicyclic amines) is 1. The van der Waals surface area contributed by atoms with Gasteiger partial charge in [0, 0.05) is 25.2 Å². The summed E-state index contributed by atoms with van der Waals surface area (Å²) in [5, 5.41) is 13.5. The molecule has 26 heavy (non-hydrogen) atoms. The molecule has 1 aliphatic rings. The first-order valence-corrected chi connectivity index (χ1v) is 8.91. The summed E-state index contributed by atoms with van der Waals surface area (Å²) in [4.78, 5) is 10.8. The van der Waals surface area contributed by atoms with Crippen LogP contribution >= 0.6 is 0 Å². The molecule has 2 aromatic rings. The van der Waals surface area contributed by atoms with Crippen LogP contribution in [-0.4, -0.2) is 46.6 Å². The van der Waals surface area contributed by atoms with Gasteiger partial charge in [-0.1, -0.05) is 12.1 Å². The molecule has 136 valence electrons. The quantitative estimate of drug-likeness (QED) is 0.476. The van der Waals surface area contributed by atoms with E-state index in [9.17, 15) is 5.11 Å². The Kier molecular flexibility index (Phi) is 6.33. The van der Waals surface area contributed by atoms with Crippen molar-refractivity contribution in [2.75, 3.05) is 19.6 Å². The van der Waals surface area contributed by atoms with Gasteiger partial charge in [0.25, 0.3) is 0 Å². The Hall–Kier alpha value is -2.73. The predicted octanol–water partition coefficient (Wildman–Crippen LogP) is 2.55. The monoisotopic (exact) mass is 351 g/mol. The van der Waals surface area contributed by atoms with E-state index in [4.69, 9.17) is 5.84 Å². The van der Waals surface area contributed by atoms with Gasteiger partial charge >= 0.3 is 0 Å². The van der Waals surface area contributed by atoms with Gasteiger partial charge in [-0.25, -0.2) is 0 Å². The lowest BCUT2D eigenvalue weighted by Crippen LogP contribution is -2.37. The smallest absolute Gasteiger partial charge is 0.115 e. The SMILES string of the molecule is NN=C(C=NCc1ccncc1)CN1CCC(c2cccc(O)c2)CC1. The molecule has 1 fully saturated rings. The summed E-state index contributed by atoms with van der Waals surface area (Å²) in [6.07, 6.45) is 7.42. The molecule has 3 N–H and O–H groups in total. The number of nitrogens with two attached hydrogens (primary N) is 1. The summed E-state index contributed by atoms with van der Waals surface area (Å²) >= 11 is 0. The summed E-state index contributed by atoms with van der Waals surface area (Å²) in [7, 11) is 0. The van der Waals surface area contributed by atoms with Crippen LogP contribution in [0.5, 0.6) is 5.75 Å². The molecule has 0 unspecified atom stereocenters. The molecule has 1 aliphatic heterocycles. The molecule has 6 heteroatoms. The predicted molar refractivity (Wildman–Crippen MR) is 105 cm³/mol. The molecular formula is C20H25N5O. The zero-order valence-corrected chi connectivity index (χ0v) is 14.8. The van der Waals surface area contributed by atoms with Gasteiger partial charge in [0.1, 0.15) is 5.75 Å². The highest BCUT2D eigenvalue weighted by atomic mass is 16.3. The summed E-state index contributed by atoms with van der Waals surface area (Å²) < 4.78 is 0. The van der Waals surface area contributed by atoms with E-state index in [-0.39, 0.29) is 0 Å². The highest BCUT2D eigenvalue weighted by Crippen LogP contribution is 2.29. The highest BCUT2D eigenvalue weighted by Gasteiger charge is 2.21. The van der Waals surface area contributed by atoms with Gasteiger partial charge in [-0.15, -0.1) is 0 Å². The number of benzene rings is 1. The average Bonchev–Trinajstić information content (AvgIpc) is 2.68. The third-order valence-corrected chi connectivity index (χ3v) is 4.74. The number of phenolic OH excluding ortho intramolecular Hbond substituents is 1. The molecule has 0 atom stereocenters. The third-order valence-electron chi connectivity index (χ3n) is 4.74. The van der Waals surface area contributed by atoms with E-state index < -0.39 is 0 Å². The Labute approximate surface area is 154 Å². The summed E-state index contributed by atoms with van der Waals surface area (Å²) in [6.45, 7) is 3.28. The first-order valence-electron chi connectivity index (χ1n) is 8.91. The normalized spacial score (nSPS) is 17.0. The van der Waals surface area contributed by atoms with E-state index in [2.05, 4.69) is 26.0 Å². The first kappa shape index (κ1) is 18.1. The standard InChI is InChI=1S/C20H25N5O/c21-24-19(14-23-13-16-4-8-22-9-5-16)15-25-10-6-17(7-11-25)18-2-1-3-20(26)12-18/h1-5,8-9,12,14,17,26H,6-7,10-11,13,15,21H2. The Morgan fingerprint density at radius 3 is 2.69 bits per heavy atom. The number of nitrogens with zero attached hydrogens (tertiary/aromatic N) is 4. The van der Waals surface area contributed by atoms with Crippen molar-refractivity contribution in [3.63, 3.8) is 0 Å². The van der Waals surface area contributed by atoms with Gasteiger partial charge in [-0.3, -0.25) is 14.9 Å². The van der Waals surface area contributed by atoms with Crippen LogP contribution in [0.15, 0.2) is 58.9 Å². The Balaban J connectivity index is 1.48. The van der Waals surface area contributed by atoms with Crippen molar-refractivity contribution < 1.29 is 5.11 Å². The van der Waals surface area contributed by atoms with Crippen molar-refractivity contribution in [2.24, 2.45) is 15.9 Å². The van der Waals surface area contributed by atoms with Crippen molar-refractivity contribution in [3.05, 3.63) is 59.9 Å². The summed E-state index contributed by atoms with van der Waals surface area (Å²) in [6, 6.07) is 11.5. The highest BCUT2D eigenvalue weighted by molar-refractivity contribution is 6.31. The Bertz CT molecular complexity index is 752. The van der Waals surface area contributed by atoms with E-state index in [1.165, 1.54) is 5.56 Å². The third kappa shape index (κ3) is 5.13. The molecule has 0 radical (unpaired) electrons. The molecule has 0 amide bonds. The minimum atomic E-state index is 0.341. The maximum Gasteiger partial charge on any atom is 0.115 e. The summed E-state index contributed by atoms with van der Waals surface area (Å²) in [5.74, 6) is 6.37. The number of aromatic hydroxyl groups is 1. The fourth-order valence-corrected chi connectivity index (χ4v) is 3.29. The Morgan fingerprint density at radius 1 is 1.23 bits per heavy atom. The molecule has 1 aromatic heterocycles. The number of aromatic nitrogens is 1.